The molecule has 2 rings (SSSR count). The van der Waals surface area contributed by atoms with E-state index >= 15 is 0 Å². The quantitative estimate of drug-likeness (QED) is 0.533. The van der Waals surface area contributed by atoms with Gasteiger partial charge in [-0.3, -0.25) is 0 Å². The Bertz CT molecular complexity index is 597. The highest BCUT2D eigenvalue weighted by Crippen LogP contribution is 2.35. The lowest BCUT2D eigenvalue weighted by molar-refractivity contribution is -0.138. The van der Waals surface area contributed by atoms with E-state index in [1.165, 1.54) is 12.1 Å². The van der Waals surface area contributed by atoms with E-state index in [9.17, 15) is 13.2 Å². The van der Waals surface area contributed by atoms with Gasteiger partial charge in [0, 0.05) is 23.8 Å². The first-order valence-electron chi connectivity index (χ1n) is 5.73. The molecule has 0 amide bonds. The highest BCUT2D eigenvalue weighted by Gasteiger charge is 2.33. The number of benzene rings is 1. The number of hydrogen-bond donors (Lipinski definition) is 1. The van der Waals surface area contributed by atoms with Crippen molar-refractivity contribution in [1.82, 2.24) is 9.97 Å². The molecule has 0 saturated carbocycles. The van der Waals surface area contributed by atoms with E-state index in [1.54, 1.807) is 12.4 Å². The van der Waals surface area contributed by atoms with E-state index < -0.39 is 11.7 Å². The lowest BCUT2D eigenvalue weighted by Gasteiger charge is -2.13. The summed E-state index contributed by atoms with van der Waals surface area (Å²) in [5.41, 5.74) is 5.87. The molecule has 2 aromatic rings. The summed E-state index contributed by atoms with van der Waals surface area (Å²) in [6, 6.07) is 3.80. The Kier molecular flexibility index (Phi) is 4.17. The maximum atomic E-state index is 12.9. The van der Waals surface area contributed by atoms with Crippen LogP contribution in [0.3, 0.4) is 0 Å². The van der Waals surface area contributed by atoms with Crippen LogP contribution in [-0.4, -0.2) is 9.97 Å². The second-order valence-electron chi connectivity index (χ2n) is 4.25. The molecular formula is C13H12F3N3S. The van der Waals surface area contributed by atoms with E-state index in [-0.39, 0.29) is 17.0 Å². The molecule has 0 aliphatic rings. The number of hydrogen-bond acceptors (Lipinski definition) is 4. The summed E-state index contributed by atoms with van der Waals surface area (Å²) in [6.45, 7) is 1.84. The molecule has 0 unspecified atom stereocenters. The van der Waals surface area contributed by atoms with Crippen LogP contribution in [0.25, 0.3) is 0 Å². The average molecular weight is 299 g/mol. The number of anilines is 1. The molecule has 0 fully saturated rings. The Hall–Kier alpha value is -1.76. The third-order valence-corrected chi connectivity index (χ3v) is 3.48. The van der Waals surface area contributed by atoms with Gasteiger partial charge in [0.15, 0.2) is 5.16 Å². The minimum atomic E-state index is -4.42. The Balaban J connectivity index is 2.19. The molecule has 0 spiro atoms. The fraction of sp³-hybridized carbons (Fsp3) is 0.231. The van der Waals surface area contributed by atoms with Crippen molar-refractivity contribution in [2.45, 2.75) is 24.0 Å². The van der Waals surface area contributed by atoms with E-state index in [1.807, 2.05) is 6.92 Å². The fourth-order valence-corrected chi connectivity index (χ4v) is 2.37. The van der Waals surface area contributed by atoms with Crippen molar-refractivity contribution in [3.8, 4) is 0 Å². The van der Waals surface area contributed by atoms with Crippen LogP contribution >= 0.6 is 11.8 Å². The van der Waals surface area contributed by atoms with Crippen molar-refractivity contribution >= 4 is 17.4 Å². The zero-order chi connectivity index (χ0) is 14.8. The smallest absolute Gasteiger partial charge is 0.399 e. The predicted octanol–water partition coefficient (Wildman–Crippen LogP) is 3.68. The summed E-state index contributed by atoms with van der Waals surface area (Å²) < 4.78 is 38.7. The van der Waals surface area contributed by atoms with Gasteiger partial charge >= 0.3 is 6.18 Å². The van der Waals surface area contributed by atoms with Crippen molar-refractivity contribution in [3.05, 3.63) is 47.3 Å². The third kappa shape index (κ3) is 3.63. The third-order valence-electron chi connectivity index (χ3n) is 2.55. The number of nitrogen functional groups attached to an aromatic ring is 1. The van der Waals surface area contributed by atoms with Crippen LogP contribution in [0.2, 0.25) is 0 Å². The second kappa shape index (κ2) is 5.70. The minimum absolute atomic E-state index is 0.0951. The summed E-state index contributed by atoms with van der Waals surface area (Å²) in [5.74, 6) is 0.137. The van der Waals surface area contributed by atoms with Crippen LogP contribution in [-0.2, 0) is 11.9 Å². The van der Waals surface area contributed by atoms with Gasteiger partial charge in [-0.25, -0.2) is 9.97 Å². The summed E-state index contributed by atoms with van der Waals surface area (Å²) in [5, 5.41) is 0.445. The highest BCUT2D eigenvalue weighted by atomic mass is 32.2. The number of nitrogens with two attached hydrogens (primary N) is 1. The molecule has 1 aromatic heterocycles. The van der Waals surface area contributed by atoms with Crippen LogP contribution < -0.4 is 5.73 Å². The highest BCUT2D eigenvalue weighted by molar-refractivity contribution is 7.98. The Morgan fingerprint density at radius 1 is 1.20 bits per heavy atom. The number of aryl methyl sites for hydroxylation is 1. The lowest BCUT2D eigenvalue weighted by Crippen LogP contribution is -2.09. The molecule has 0 radical (unpaired) electrons. The average Bonchev–Trinajstić information content (AvgIpc) is 2.38. The number of halogens is 3. The zero-order valence-electron chi connectivity index (χ0n) is 10.6. The molecule has 106 valence electrons. The molecule has 0 atom stereocenters. The van der Waals surface area contributed by atoms with Gasteiger partial charge in [-0.05, 0) is 30.2 Å². The fourth-order valence-electron chi connectivity index (χ4n) is 1.58. The van der Waals surface area contributed by atoms with Crippen LogP contribution in [0, 0.1) is 6.92 Å². The van der Waals surface area contributed by atoms with E-state index in [4.69, 9.17) is 5.73 Å². The van der Waals surface area contributed by atoms with Gasteiger partial charge < -0.3 is 5.73 Å². The topological polar surface area (TPSA) is 51.8 Å². The van der Waals surface area contributed by atoms with E-state index in [0.29, 0.717) is 5.16 Å². The molecule has 20 heavy (non-hydrogen) atoms. The summed E-state index contributed by atoms with van der Waals surface area (Å²) in [6.07, 6.45) is -1.16. The van der Waals surface area contributed by atoms with Crippen LogP contribution in [0.4, 0.5) is 18.9 Å². The second-order valence-corrected chi connectivity index (χ2v) is 5.19. The molecule has 0 bridgehead atoms. The molecule has 0 saturated heterocycles. The van der Waals surface area contributed by atoms with Gasteiger partial charge in [0.05, 0.1) is 5.56 Å². The van der Waals surface area contributed by atoms with Crippen LogP contribution in [0.15, 0.2) is 35.7 Å². The number of rotatable bonds is 3. The molecular weight excluding hydrogens is 287 g/mol. The van der Waals surface area contributed by atoms with Crippen LogP contribution in [0.5, 0.6) is 0 Å². The maximum absolute atomic E-state index is 12.9. The van der Waals surface area contributed by atoms with Crippen molar-refractivity contribution < 1.29 is 13.2 Å². The molecule has 1 heterocycles. The van der Waals surface area contributed by atoms with Crippen molar-refractivity contribution in [3.63, 3.8) is 0 Å². The van der Waals surface area contributed by atoms with Gasteiger partial charge in [0.1, 0.15) is 0 Å². The van der Waals surface area contributed by atoms with Gasteiger partial charge in [-0.2, -0.15) is 13.2 Å². The number of nitrogens with zero attached hydrogens (tertiary/aromatic N) is 2. The Morgan fingerprint density at radius 3 is 2.45 bits per heavy atom. The normalized spacial score (nSPS) is 11.6. The molecule has 2 N–H and O–H groups in total. The Morgan fingerprint density at radius 2 is 1.85 bits per heavy atom. The van der Waals surface area contributed by atoms with Gasteiger partial charge in [0.2, 0.25) is 0 Å². The van der Waals surface area contributed by atoms with Crippen molar-refractivity contribution in [2.24, 2.45) is 0 Å². The molecule has 0 aliphatic heterocycles. The van der Waals surface area contributed by atoms with Gasteiger partial charge in [-0.15, -0.1) is 0 Å². The lowest BCUT2D eigenvalue weighted by atomic mass is 10.1. The Labute approximate surface area is 118 Å². The van der Waals surface area contributed by atoms with Gasteiger partial charge in [0.25, 0.3) is 0 Å². The molecule has 3 nitrogen and oxygen atoms in total. The minimum Gasteiger partial charge on any atom is -0.399 e. The molecule has 1 aromatic carbocycles. The SMILES string of the molecule is Cc1cnc(SCc2ccc(N)cc2C(F)(F)F)nc1. The number of thioether (sulfide) groups is 1. The van der Waals surface area contributed by atoms with E-state index in [2.05, 4.69) is 9.97 Å². The zero-order valence-corrected chi connectivity index (χ0v) is 11.4. The molecule has 7 heteroatoms. The largest absolute Gasteiger partial charge is 0.416 e. The number of alkyl halides is 3. The monoisotopic (exact) mass is 299 g/mol. The van der Waals surface area contributed by atoms with Crippen LogP contribution in [0.1, 0.15) is 16.7 Å². The summed E-state index contributed by atoms with van der Waals surface area (Å²) in [4.78, 5) is 8.10. The predicted molar refractivity (Wildman–Crippen MR) is 72.2 cm³/mol. The maximum Gasteiger partial charge on any atom is 0.416 e. The molecule has 0 aliphatic carbocycles. The first-order chi connectivity index (χ1) is 9.36. The van der Waals surface area contributed by atoms with Crippen molar-refractivity contribution in [1.29, 1.82) is 0 Å². The summed E-state index contributed by atoms with van der Waals surface area (Å²) in [7, 11) is 0. The van der Waals surface area contributed by atoms with Crippen molar-refractivity contribution in [2.75, 3.05) is 5.73 Å². The van der Waals surface area contributed by atoms with Gasteiger partial charge in [-0.1, -0.05) is 17.8 Å². The number of aromatic nitrogens is 2. The first-order valence-corrected chi connectivity index (χ1v) is 6.72. The standard InChI is InChI=1S/C13H12F3N3S/c1-8-5-18-12(19-6-8)20-7-9-2-3-10(17)4-11(9)13(14,15)16/h2-6H,7,17H2,1H3. The summed E-state index contributed by atoms with van der Waals surface area (Å²) >= 11 is 1.16. The van der Waals surface area contributed by atoms with E-state index in [0.717, 1.165) is 23.4 Å². The first kappa shape index (κ1) is 14.6.